The van der Waals surface area contributed by atoms with Crippen LogP contribution in [0.1, 0.15) is 15.9 Å². The third-order valence-corrected chi connectivity index (χ3v) is 3.11. The maximum atomic E-state index is 11.2. The largest absolute Gasteiger partial charge is 0.465 e. The van der Waals surface area contributed by atoms with Crippen molar-refractivity contribution in [3.63, 3.8) is 0 Å². The quantitative estimate of drug-likeness (QED) is 0.661. The molecule has 2 nitrogen and oxygen atoms in total. The monoisotopic (exact) mass is 206 g/mol. The normalized spacial score (nSPS) is 13.5. The summed E-state index contributed by atoms with van der Waals surface area (Å²) in [5, 5.41) is 0. The van der Waals surface area contributed by atoms with E-state index in [-0.39, 0.29) is 5.97 Å². The molecule has 0 spiro atoms. The molecule has 1 aromatic rings. The number of carbonyl (C=O) groups is 1. The summed E-state index contributed by atoms with van der Waals surface area (Å²) in [5.41, 5.74) is 1.71. The van der Waals surface area contributed by atoms with Crippen LogP contribution in [0.25, 0.3) is 6.08 Å². The first-order valence-electron chi connectivity index (χ1n) is 4.33. The van der Waals surface area contributed by atoms with Crippen molar-refractivity contribution in [1.29, 1.82) is 0 Å². The SMILES string of the molecule is COC(=O)c1ccc2c(c1)C=CCS2. The Morgan fingerprint density at radius 2 is 2.36 bits per heavy atom. The van der Waals surface area contributed by atoms with E-state index in [1.165, 1.54) is 12.0 Å². The lowest BCUT2D eigenvalue weighted by atomic mass is 10.1. The van der Waals surface area contributed by atoms with Crippen LogP contribution in [0, 0.1) is 0 Å². The van der Waals surface area contributed by atoms with E-state index < -0.39 is 0 Å². The van der Waals surface area contributed by atoms with Gasteiger partial charge in [-0.1, -0.05) is 12.2 Å². The van der Waals surface area contributed by atoms with Crippen molar-refractivity contribution in [1.82, 2.24) is 0 Å². The van der Waals surface area contributed by atoms with Gasteiger partial charge in [0.05, 0.1) is 12.7 Å². The van der Waals surface area contributed by atoms with Crippen LogP contribution in [-0.4, -0.2) is 18.8 Å². The molecule has 1 aliphatic heterocycles. The van der Waals surface area contributed by atoms with Gasteiger partial charge in [0.25, 0.3) is 0 Å². The number of benzene rings is 1. The average molecular weight is 206 g/mol. The molecular weight excluding hydrogens is 196 g/mol. The molecule has 3 heteroatoms. The summed E-state index contributed by atoms with van der Waals surface area (Å²) in [6, 6.07) is 5.64. The van der Waals surface area contributed by atoms with Gasteiger partial charge in [0.2, 0.25) is 0 Å². The van der Waals surface area contributed by atoms with Crippen molar-refractivity contribution in [3.8, 4) is 0 Å². The highest BCUT2D eigenvalue weighted by molar-refractivity contribution is 7.99. The highest BCUT2D eigenvalue weighted by atomic mass is 32.2. The summed E-state index contributed by atoms with van der Waals surface area (Å²) in [7, 11) is 1.40. The van der Waals surface area contributed by atoms with Gasteiger partial charge in [0.15, 0.2) is 0 Å². The molecule has 0 unspecified atom stereocenters. The number of carbonyl (C=O) groups excluding carboxylic acids is 1. The number of fused-ring (bicyclic) bond motifs is 1. The third-order valence-electron chi connectivity index (χ3n) is 2.06. The first kappa shape index (κ1) is 9.34. The molecule has 0 amide bonds. The van der Waals surface area contributed by atoms with Gasteiger partial charge in [-0.3, -0.25) is 0 Å². The number of hydrogen-bond acceptors (Lipinski definition) is 3. The van der Waals surface area contributed by atoms with Gasteiger partial charge in [-0.2, -0.15) is 0 Å². The molecule has 14 heavy (non-hydrogen) atoms. The lowest BCUT2D eigenvalue weighted by molar-refractivity contribution is 0.0600. The Morgan fingerprint density at radius 3 is 3.14 bits per heavy atom. The second-order valence-electron chi connectivity index (χ2n) is 2.96. The Morgan fingerprint density at radius 1 is 1.50 bits per heavy atom. The highest BCUT2D eigenvalue weighted by Gasteiger charge is 2.10. The first-order valence-corrected chi connectivity index (χ1v) is 5.31. The van der Waals surface area contributed by atoms with Gasteiger partial charge in [-0.25, -0.2) is 4.79 Å². The molecule has 1 heterocycles. The molecular formula is C11H10O2S. The fourth-order valence-electron chi connectivity index (χ4n) is 1.37. The van der Waals surface area contributed by atoms with E-state index in [4.69, 9.17) is 0 Å². The molecule has 0 radical (unpaired) electrons. The summed E-state index contributed by atoms with van der Waals surface area (Å²) < 4.78 is 4.66. The number of esters is 1. The van der Waals surface area contributed by atoms with Gasteiger partial charge < -0.3 is 4.74 Å². The van der Waals surface area contributed by atoms with E-state index >= 15 is 0 Å². The zero-order chi connectivity index (χ0) is 9.97. The number of hydrogen-bond donors (Lipinski definition) is 0. The second-order valence-corrected chi connectivity index (χ2v) is 4.02. The highest BCUT2D eigenvalue weighted by Crippen LogP contribution is 2.29. The van der Waals surface area contributed by atoms with Crippen LogP contribution in [0.2, 0.25) is 0 Å². The molecule has 0 bridgehead atoms. The van der Waals surface area contributed by atoms with E-state index in [2.05, 4.69) is 10.8 Å². The molecule has 0 atom stereocenters. The summed E-state index contributed by atoms with van der Waals surface area (Å²) >= 11 is 1.78. The molecule has 0 saturated heterocycles. The fourth-order valence-corrected chi connectivity index (χ4v) is 2.20. The van der Waals surface area contributed by atoms with Crippen LogP contribution in [0.4, 0.5) is 0 Å². The summed E-state index contributed by atoms with van der Waals surface area (Å²) in [6.07, 6.45) is 4.13. The van der Waals surface area contributed by atoms with Crippen LogP contribution in [-0.2, 0) is 4.74 Å². The molecule has 0 aromatic heterocycles. The molecule has 1 aliphatic rings. The number of rotatable bonds is 1. The van der Waals surface area contributed by atoms with Gasteiger partial charge in [-0.05, 0) is 23.8 Å². The first-order chi connectivity index (χ1) is 6.81. The molecule has 0 saturated carbocycles. The van der Waals surface area contributed by atoms with E-state index in [0.29, 0.717) is 5.56 Å². The minimum atomic E-state index is -0.281. The van der Waals surface area contributed by atoms with E-state index in [0.717, 1.165) is 11.3 Å². The predicted molar refractivity (Wildman–Crippen MR) is 57.5 cm³/mol. The van der Waals surface area contributed by atoms with Crippen LogP contribution in [0.15, 0.2) is 29.2 Å². The van der Waals surface area contributed by atoms with Crippen LogP contribution < -0.4 is 0 Å². The van der Waals surface area contributed by atoms with Crippen molar-refractivity contribution in [2.75, 3.05) is 12.9 Å². The standard InChI is InChI=1S/C11H10O2S/c1-13-11(12)9-4-5-10-8(7-9)3-2-6-14-10/h2-5,7H,6H2,1H3. The van der Waals surface area contributed by atoms with Crippen LogP contribution >= 0.6 is 11.8 Å². The van der Waals surface area contributed by atoms with Crippen molar-refractivity contribution in [2.24, 2.45) is 0 Å². The average Bonchev–Trinajstić information content (AvgIpc) is 2.27. The van der Waals surface area contributed by atoms with Gasteiger partial charge >= 0.3 is 5.97 Å². The summed E-state index contributed by atoms with van der Waals surface area (Å²) in [5.74, 6) is 0.724. The molecule has 0 fully saturated rings. The maximum absolute atomic E-state index is 11.2. The zero-order valence-corrected chi connectivity index (χ0v) is 8.64. The summed E-state index contributed by atoms with van der Waals surface area (Å²) in [6.45, 7) is 0. The topological polar surface area (TPSA) is 26.3 Å². The Labute approximate surface area is 87.0 Å². The van der Waals surface area contributed by atoms with E-state index in [1.54, 1.807) is 17.8 Å². The van der Waals surface area contributed by atoms with Crippen molar-refractivity contribution in [3.05, 3.63) is 35.4 Å². The smallest absolute Gasteiger partial charge is 0.337 e. The number of methoxy groups -OCH3 is 1. The molecule has 1 aromatic carbocycles. The van der Waals surface area contributed by atoms with Gasteiger partial charge in [0, 0.05) is 10.6 Å². The van der Waals surface area contributed by atoms with Crippen molar-refractivity contribution in [2.45, 2.75) is 4.90 Å². The lowest BCUT2D eigenvalue weighted by Gasteiger charge is -2.10. The van der Waals surface area contributed by atoms with Gasteiger partial charge in [-0.15, -0.1) is 11.8 Å². The molecule has 72 valence electrons. The second kappa shape index (κ2) is 3.88. The van der Waals surface area contributed by atoms with Crippen molar-refractivity contribution < 1.29 is 9.53 Å². The number of thioether (sulfide) groups is 1. The Bertz CT molecular complexity index is 396. The number of ether oxygens (including phenoxy) is 1. The lowest BCUT2D eigenvalue weighted by Crippen LogP contribution is -2.02. The van der Waals surface area contributed by atoms with Crippen LogP contribution in [0.3, 0.4) is 0 Å². The zero-order valence-electron chi connectivity index (χ0n) is 7.82. The maximum Gasteiger partial charge on any atom is 0.337 e. The van der Waals surface area contributed by atoms with Crippen LogP contribution in [0.5, 0.6) is 0 Å². The van der Waals surface area contributed by atoms with Crippen molar-refractivity contribution >= 4 is 23.8 Å². The third kappa shape index (κ3) is 1.68. The Hall–Kier alpha value is -1.22. The Kier molecular flexibility index (Phi) is 2.59. The molecule has 0 N–H and O–H groups in total. The fraction of sp³-hybridized carbons (Fsp3) is 0.182. The van der Waals surface area contributed by atoms with Gasteiger partial charge in [0.1, 0.15) is 0 Å². The predicted octanol–water partition coefficient (Wildman–Crippen LogP) is 2.59. The summed E-state index contributed by atoms with van der Waals surface area (Å²) in [4.78, 5) is 12.5. The molecule has 2 rings (SSSR count). The minimum absolute atomic E-state index is 0.281. The molecule has 0 aliphatic carbocycles. The minimum Gasteiger partial charge on any atom is -0.465 e. The Balaban J connectivity index is 2.40. The van der Waals surface area contributed by atoms with E-state index in [9.17, 15) is 4.79 Å². The van der Waals surface area contributed by atoms with E-state index in [1.807, 2.05) is 18.2 Å².